The van der Waals surface area contributed by atoms with E-state index in [0.717, 1.165) is 12.1 Å². The highest BCUT2D eigenvalue weighted by Gasteiger charge is 2.36. The minimum Gasteiger partial charge on any atom is -0.391 e. The Labute approximate surface area is 127 Å². The van der Waals surface area contributed by atoms with Crippen LogP contribution in [0.5, 0.6) is 0 Å². The molecule has 1 aliphatic heterocycles. The van der Waals surface area contributed by atoms with Gasteiger partial charge in [-0.2, -0.15) is 5.10 Å². The first kappa shape index (κ1) is 14.7. The number of carbonyl (C=O) groups is 1. The smallest absolute Gasteiger partial charge is 0.274 e. The van der Waals surface area contributed by atoms with Crippen LogP contribution < -0.4 is 0 Å². The van der Waals surface area contributed by atoms with Gasteiger partial charge in [-0.25, -0.2) is 4.39 Å². The van der Waals surface area contributed by atoms with Crippen molar-refractivity contribution in [2.75, 3.05) is 6.54 Å². The molecule has 116 valence electrons. The number of benzene rings is 1. The summed E-state index contributed by atoms with van der Waals surface area (Å²) in [4.78, 5) is 14.2. The van der Waals surface area contributed by atoms with Crippen LogP contribution in [0, 0.1) is 5.82 Å². The fourth-order valence-corrected chi connectivity index (χ4v) is 2.87. The van der Waals surface area contributed by atoms with Crippen molar-refractivity contribution in [1.29, 1.82) is 0 Å². The molecular weight excluding hydrogens is 285 g/mol. The Morgan fingerprint density at radius 3 is 3.00 bits per heavy atom. The fourth-order valence-electron chi connectivity index (χ4n) is 2.87. The predicted octanol–water partition coefficient (Wildman–Crippen LogP) is 2.06. The van der Waals surface area contributed by atoms with Gasteiger partial charge in [-0.3, -0.25) is 9.89 Å². The van der Waals surface area contributed by atoms with Crippen LogP contribution in [0.4, 0.5) is 4.39 Å². The van der Waals surface area contributed by atoms with Crippen LogP contribution in [-0.4, -0.2) is 38.8 Å². The Kier molecular flexibility index (Phi) is 3.94. The maximum atomic E-state index is 13.4. The van der Waals surface area contributed by atoms with Gasteiger partial charge in [-0.1, -0.05) is 19.1 Å². The van der Waals surface area contributed by atoms with Crippen molar-refractivity contribution in [3.8, 4) is 0 Å². The summed E-state index contributed by atoms with van der Waals surface area (Å²) in [6, 6.07) is 7.54. The number of rotatable bonds is 3. The van der Waals surface area contributed by atoms with E-state index in [1.165, 1.54) is 12.1 Å². The molecule has 5 nitrogen and oxygen atoms in total. The standard InChI is InChI=1S/C16H18FN3O2/c1-2-12-7-14(19-18-12)16(22)20-9-13(21)8-15(20)10-4-3-5-11(17)6-10/h3-7,13,15,21H,2,8-9H2,1H3,(H,18,19)/t13-,15-/m1/s1. The Hall–Kier alpha value is -2.21. The molecule has 2 aromatic rings. The summed E-state index contributed by atoms with van der Waals surface area (Å²) in [5.41, 5.74) is 1.90. The van der Waals surface area contributed by atoms with Crippen LogP contribution in [0.3, 0.4) is 0 Å². The number of nitrogens with zero attached hydrogens (tertiary/aromatic N) is 2. The number of aryl methyl sites for hydroxylation is 1. The summed E-state index contributed by atoms with van der Waals surface area (Å²) in [5, 5.41) is 16.8. The second kappa shape index (κ2) is 5.88. The number of β-amino-alcohol motifs (C(OH)–C–C–N with tert-alkyl or cyclic N) is 1. The van der Waals surface area contributed by atoms with Crippen LogP contribution in [0.25, 0.3) is 0 Å². The van der Waals surface area contributed by atoms with Gasteiger partial charge >= 0.3 is 0 Å². The van der Waals surface area contributed by atoms with Gasteiger partial charge in [-0.05, 0) is 36.6 Å². The van der Waals surface area contributed by atoms with Gasteiger partial charge in [0.15, 0.2) is 0 Å². The minimum atomic E-state index is -0.609. The number of aromatic nitrogens is 2. The molecule has 2 atom stereocenters. The van der Waals surface area contributed by atoms with Gasteiger partial charge in [-0.15, -0.1) is 0 Å². The van der Waals surface area contributed by atoms with E-state index in [1.54, 1.807) is 23.1 Å². The summed E-state index contributed by atoms with van der Waals surface area (Å²) in [6.45, 7) is 2.20. The van der Waals surface area contributed by atoms with Gasteiger partial charge in [0.05, 0.1) is 12.1 Å². The number of amides is 1. The maximum Gasteiger partial charge on any atom is 0.274 e. The highest BCUT2D eigenvalue weighted by molar-refractivity contribution is 5.93. The molecule has 0 spiro atoms. The quantitative estimate of drug-likeness (QED) is 0.912. The first-order valence-electron chi connectivity index (χ1n) is 7.37. The monoisotopic (exact) mass is 303 g/mol. The van der Waals surface area contributed by atoms with Crippen LogP contribution in [-0.2, 0) is 6.42 Å². The zero-order chi connectivity index (χ0) is 15.7. The van der Waals surface area contributed by atoms with E-state index in [-0.39, 0.29) is 24.3 Å². The normalized spacial score (nSPS) is 21.3. The number of H-pyrrole nitrogens is 1. The molecule has 1 amide bonds. The third-order valence-corrected chi connectivity index (χ3v) is 4.00. The minimum absolute atomic E-state index is 0.230. The number of halogens is 1. The van der Waals surface area contributed by atoms with Gasteiger partial charge in [0.1, 0.15) is 11.5 Å². The van der Waals surface area contributed by atoms with Gasteiger partial charge in [0.25, 0.3) is 5.91 Å². The lowest BCUT2D eigenvalue weighted by Crippen LogP contribution is -2.32. The van der Waals surface area contributed by atoms with Crippen molar-refractivity contribution in [3.63, 3.8) is 0 Å². The number of aliphatic hydroxyl groups is 1. The first-order chi connectivity index (χ1) is 10.6. The van der Waals surface area contributed by atoms with E-state index in [4.69, 9.17) is 0 Å². The molecule has 2 heterocycles. The zero-order valence-electron chi connectivity index (χ0n) is 12.3. The number of aromatic amines is 1. The van der Waals surface area contributed by atoms with Crippen LogP contribution >= 0.6 is 0 Å². The van der Waals surface area contributed by atoms with E-state index in [2.05, 4.69) is 10.2 Å². The third kappa shape index (κ3) is 2.74. The van der Waals surface area contributed by atoms with Crippen LogP contribution in [0.1, 0.15) is 41.1 Å². The first-order valence-corrected chi connectivity index (χ1v) is 7.37. The number of nitrogens with one attached hydrogen (secondary N) is 1. The molecule has 0 radical (unpaired) electrons. The number of hydrogen-bond donors (Lipinski definition) is 2. The van der Waals surface area contributed by atoms with E-state index < -0.39 is 6.10 Å². The van der Waals surface area contributed by atoms with Crippen molar-refractivity contribution < 1.29 is 14.3 Å². The number of carbonyl (C=O) groups excluding carboxylic acids is 1. The number of aliphatic hydroxyl groups excluding tert-OH is 1. The second-order valence-electron chi connectivity index (χ2n) is 5.55. The van der Waals surface area contributed by atoms with Crippen molar-refractivity contribution >= 4 is 5.91 Å². The molecule has 0 aliphatic carbocycles. The molecule has 0 bridgehead atoms. The molecular formula is C16H18FN3O2. The van der Waals surface area contributed by atoms with Gasteiger partial charge in [0.2, 0.25) is 0 Å². The lowest BCUT2D eigenvalue weighted by molar-refractivity contribution is 0.0709. The molecule has 1 saturated heterocycles. The molecule has 22 heavy (non-hydrogen) atoms. The lowest BCUT2D eigenvalue weighted by atomic mass is 10.0. The van der Waals surface area contributed by atoms with Crippen molar-refractivity contribution in [2.24, 2.45) is 0 Å². The summed E-state index contributed by atoms with van der Waals surface area (Å²) >= 11 is 0. The molecule has 1 fully saturated rings. The summed E-state index contributed by atoms with van der Waals surface area (Å²) < 4.78 is 13.4. The average Bonchev–Trinajstić information content (AvgIpc) is 3.13. The van der Waals surface area contributed by atoms with E-state index in [1.807, 2.05) is 6.92 Å². The van der Waals surface area contributed by atoms with Crippen LogP contribution in [0.15, 0.2) is 30.3 Å². The van der Waals surface area contributed by atoms with Crippen molar-refractivity contribution in [2.45, 2.75) is 31.9 Å². The summed E-state index contributed by atoms with van der Waals surface area (Å²) in [5.74, 6) is -0.596. The average molecular weight is 303 g/mol. The second-order valence-corrected chi connectivity index (χ2v) is 5.55. The molecule has 3 rings (SSSR count). The largest absolute Gasteiger partial charge is 0.391 e. The Balaban J connectivity index is 1.88. The zero-order valence-corrected chi connectivity index (χ0v) is 12.3. The molecule has 0 unspecified atom stereocenters. The third-order valence-electron chi connectivity index (χ3n) is 4.00. The van der Waals surface area contributed by atoms with E-state index in [0.29, 0.717) is 17.7 Å². The molecule has 1 aliphatic rings. The van der Waals surface area contributed by atoms with E-state index >= 15 is 0 Å². The maximum absolute atomic E-state index is 13.4. The molecule has 2 N–H and O–H groups in total. The highest BCUT2D eigenvalue weighted by atomic mass is 19.1. The molecule has 0 saturated carbocycles. The van der Waals surface area contributed by atoms with Crippen molar-refractivity contribution in [1.82, 2.24) is 15.1 Å². The summed E-state index contributed by atoms with van der Waals surface area (Å²) in [7, 11) is 0. The Morgan fingerprint density at radius 2 is 2.32 bits per heavy atom. The Bertz CT molecular complexity index is 686. The van der Waals surface area contributed by atoms with Crippen molar-refractivity contribution in [3.05, 3.63) is 53.1 Å². The fraction of sp³-hybridized carbons (Fsp3) is 0.375. The topological polar surface area (TPSA) is 69.2 Å². The van der Waals surface area contributed by atoms with Gasteiger partial charge in [0, 0.05) is 12.2 Å². The lowest BCUT2D eigenvalue weighted by Gasteiger charge is -2.24. The Morgan fingerprint density at radius 1 is 1.50 bits per heavy atom. The molecule has 1 aromatic carbocycles. The summed E-state index contributed by atoms with van der Waals surface area (Å²) in [6.07, 6.45) is 0.554. The highest BCUT2D eigenvalue weighted by Crippen LogP contribution is 2.33. The molecule has 1 aromatic heterocycles. The van der Waals surface area contributed by atoms with E-state index in [9.17, 15) is 14.3 Å². The van der Waals surface area contributed by atoms with Gasteiger partial charge < -0.3 is 10.0 Å². The SMILES string of the molecule is CCc1cc(C(=O)N2C[C@H](O)C[C@@H]2c2cccc(F)c2)n[nH]1. The van der Waals surface area contributed by atoms with Crippen LogP contribution in [0.2, 0.25) is 0 Å². The predicted molar refractivity (Wildman–Crippen MR) is 78.8 cm³/mol. The number of likely N-dealkylation sites (tertiary alicyclic amines) is 1. The molecule has 6 heteroatoms. The number of hydrogen-bond acceptors (Lipinski definition) is 3.